The zero-order valence-electron chi connectivity index (χ0n) is 11.1. The van der Waals surface area contributed by atoms with Crippen molar-refractivity contribution in [2.45, 2.75) is 45.3 Å². The summed E-state index contributed by atoms with van der Waals surface area (Å²) in [4.78, 5) is 0. The van der Waals surface area contributed by atoms with Gasteiger partial charge in [-0.25, -0.2) is 0 Å². The van der Waals surface area contributed by atoms with Crippen molar-refractivity contribution in [2.24, 2.45) is 17.6 Å². The van der Waals surface area contributed by atoms with Crippen molar-refractivity contribution in [1.29, 1.82) is 0 Å². The first-order valence-corrected chi connectivity index (χ1v) is 6.53. The third-order valence-electron chi connectivity index (χ3n) is 3.83. The first-order chi connectivity index (χ1) is 8.84. The van der Waals surface area contributed by atoms with Gasteiger partial charge in [-0.15, -0.1) is 10.2 Å². The molecule has 0 spiro atoms. The number of hydrogen-bond acceptors (Lipinski definition) is 3. The van der Waals surface area contributed by atoms with Crippen LogP contribution in [0.4, 0.5) is 13.2 Å². The van der Waals surface area contributed by atoms with E-state index in [9.17, 15) is 13.2 Å². The fourth-order valence-corrected chi connectivity index (χ4v) is 2.57. The summed E-state index contributed by atoms with van der Waals surface area (Å²) in [6.07, 6.45) is -3.74. The smallest absolute Gasteiger partial charge is 0.330 e. The van der Waals surface area contributed by atoms with E-state index in [2.05, 4.69) is 10.2 Å². The average molecular weight is 276 g/mol. The van der Waals surface area contributed by atoms with Gasteiger partial charge in [0.05, 0.1) is 5.92 Å². The third-order valence-corrected chi connectivity index (χ3v) is 3.83. The molecule has 0 bridgehead atoms. The van der Waals surface area contributed by atoms with Gasteiger partial charge in [-0.05, 0) is 12.3 Å². The number of aryl methyl sites for hydroxylation is 1. The lowest BCUT2D eigenvalue weighted by Gasteiger charge is -2.28. The molecule has 2 heterocycles. The van der Waals surface area contributed by atoms with Gasteiger partial charge in [-0.2, -0.15) is 13.2 Å². The van der Waals surface area contributed by atoms with Crippen LogP contribution in [0.5, 0.6) is 0 Å². The predicted molar refractivity (Wildman–Crippen MR) is 64.5 cm³/mol. The van der Waals surface area contributed by atoms with Gasteiger partial charge in [-0.3, -0.25) is 0 Å². The maximum atomic E-state index is 12.8. The molecular formula is C12H19F3N4. The number of fused-ring (bicyclic) bond motifs is 1. The molecule has 19 heavy (non-hydrogen) atoms. The topological polar surface area (TPSA) is 56.7 Å². The molecule has 2 atom stereocenters. The number of hydrogen-bond donors (Lipinski definition) is 1. The molecule has 2 N–H and O–H groups in total. The summed E-state index contributed by atoms with van der Waals surface area (Å²) in [5.41, 5.74) is 5.72. The van der Waals surface area contributed by atoms with Crippen LogP contribution < -0.4 is 5.73 Å². The molecule has 0 aliphatic carbocycles. The summed E-state index contributed by atoms with van der Waals surface area (Å²) in [5.74, 6) is 0.120. The first-order valence-electron chi connectivity index (χ1n) is 6.53. The Morgan fingerprint density at radius 2 is 2.05 bits per heavy atom. The monoisotopic (exact) mass is 276 g/mol. The Morgan fingerprint density at radius 1 is 1.37 bits per heavy atom. The number of aromatic nitrogens is 3. The molecule has 1 aromatic heterocycles. The van der Waals surface area contributed by atoms with Gasteiger partial charge in [0.1, 0.15) is 11.6 Å². The highest BCUT2D eigenvalue weighted by atomic mass is 19.4. The van der Waals surface area contributed by atoms with E-state index in [4.69, 9.17) is 5.73 Å². The second-order valence-electron chi connectivity index (χ2n) is 5.45. The standard InChI is InChI=1S/C12H19F3N4/c1-7(2)9(5-16)11-18-17-10-4-3-8(6-19(10)11)12(13,14)15/h7-9H,3-6,16H2,1-2H3. The minimum absolute atomic E-state index is 0.0479. The molecule has 1 aliphatic rings. The molecule has 0 fully saturated rings. The van der Waals surface area contributed by atoms with E-state index in [1.54, 1.807) is 4.57 Å². The van der Waals surface area contributed by atoms with Crippen LogP contribution >= 0.6 is 0 Å². The van der Waals surface area contributed by atoms with Crippen LogP contribution in [-0.2, 0) is 13.0 Å². The first kappa shape index (κ1) is 14.3. The van der Waals surface area contributed by atoms with Crippen LogP contribution in [0.1, 0.15) is 37.8 Å². The van der Waals surface area contributed by atoms with E-state index in [-0.39, 0.29) is 24.8 Å². The number of halogens is 3. The van der Waals surface area contributed by atoms with Gasteiger partial charge in [0, 0.05) is 25.4 Å². The Labute approximate surface area is 110 Å². The maximum absolute atomic E-state index is 12.8. The molecule has 0 radical (unpaired) electrons. The largest absolute Gasteiger partial charge is 0.393 e. The highest BCUT2D eigenvalue weighted by Gasteiger charge is 2.42. The lowest BCUT2D eigenvalue weighted by Crippen LogP contribution is -2.34. The normalized spacial score (nSPS) is 21.5. The second kappa shape index (κ2) is 5.11. The Balaban J connectivity index is 2.30. The minimum Gasteiger partial charge on any atom is -0.330 e. The van der Waals surface area contributed by atoms with E-state index >= 15 is 0 Å². The molecule has 2 unspecified atom stereocenters. The van der Waals surface area contributed by atoms with Crippen molar-refractivity contribution in [3.63, 3.8) is 0 Å². The summed E-state index contributed by atoms with van der Waals surface area (Å²) < 4.78 is 40.1. The summed E-state index contributed by atoms with van der Waals surface area (Å²) in [7, 11) is 0. The van der Waals surface area contributed by atoms with Crippen molar-refractivity contribution < 1.29 is 13.2 Å². The molecule has 4 nitrogen and oxygen atoms in total. The number of alkyl halides is 3. The second-order valence-corrected chi connectivity index (χ2v) is 5.45. The van der Waals surface area contributed by atoms with Crippen LogP contribution in [0.2, 0.25) is 0 Å². The van der Waals surface area contributed by atoms with E-state index < -0.39 is 12.1 Å². The quantitative estimate of drug-likeness (QED) is 0.919. The van der Waals surface area contributed by atoms with Gasteiger partial charge in [-0.1, -0.05) is 13.8 Å². The zero-order valence-corrected chi connectivity index (χ0v) is 11.1. The summed E-state index contributed by atoms with van der Waals surface area (Å²) in [5, 5.41) is 8.09. The van der Waals surface area contributed by atoms with Crippen molar-refractivity contribution in [2.75, 3.05) is 6.54 Å². The molecule has 0 aromatic carbocycles. The van der Waals surface area contributed by atoms with E-state index in [1.165, 1.54) is 0 Å². The van der Waals surface area contributed by atoms with E-state index in [1.807, 2.05) is 13.8 Å². The van der Waals surface area contributed by atoms with Crippen LogP contribution in [0.15, 0.2) is 0 Å². The van der Waals surface area contributed by atoms with Crippen LogP contribution in [0.3, 0.4) is 0 Å². The average Bonchev–Trinajstić information content (AvgIpc) is 2.72. The maximum Gasteiger partial charge on any atom is 0.393 e. The zero-order chi connectivity index (χ0) is 14.2. The van der Waals surface area contributed by atoms with Gasteiger partial charge in [0.2, 0.25) is 0 Å². The molecular weight excluding hydrogens is 257 g/mol. The van der Waals surface area contributed by atoms with Crippen LogP contribution in [0.25, 0.3) is 0 Å². The highest BCUT2D eigenvalue weighted by molar-refractivity contribution is 5.07. The molecule has 2 rings (SSSR count). The Hall–Kier alpha value is -1.11. The molecule has 7 heteroatoms. The molecule has 0 amide bonds. The number of nitrogens with zero attached hydrogens (tertiary/aromatic N) is 3. The van der Waals surface area contributed by atoms with Crippen molar-refractivity contribution >= 4 is 0 Å². The predicted octanol–water partition coefficient (Wildman–Crippen LogP) is 2.10. The molecule has 1 aromatic rings. The van der Waals surface area contributed by atoms with Gasteiger partial charge in [0.25, 0.3) is 0 Å². The SMILES string of the molecule is CC(C)C(CN)c1nnc2n1CC(C(F)(F)F)CC2. The van der Waals surface area contributed by atoms with Gasteiger partial charge in [0.15, 0.2) is 0 Å². The molecule has 1 aliphatic heterocycles. The summed E-state index contributed by atoms with van der Waals surface area (Å²) >= 11 is 0. The molecule has 108 valence electrons. The highest BCUT2D eigenvalue weighted by Crippen LogP contribution is 2.35. The Kier molecular flexibility index (Phi) is 3.85. The summed E-state index contributed by atoms with van der Waals surface area (Å²) in [6.45, 7) is 4.27. The van der Waals surface area contributed by atoms with Crippen molar-refractivity contribution in [3.8, 4) is 0 Å². The van der Waals surface area contributed by atoms with Gasteiger partial charge >= 0.3 is 6.18 Å². The Bertz CT molecular complexity index is 439. The number of rotatable bonds is 3. The fraction of sp³-hybridized carbons (Fsp3) is 0.833. The third kappa shape index (κ3) is 2.75. The van der Waals surface area contributed by atoms with Crippen molar-refractivity contribution in [3.05, 3.63) is 11.6 Å². The van der Waals surface area contributed by atoms with Gasteiger partial charge < -0.3 is 10.3 Å². The molecule has 0 saturated heterocycles. The lowest BCUT2D eigenvalue weighted by molar-refractivity contribution is -0.182. The lowest BCUT2D eigenvalue weighted by atomic mass is 9.93. The van der Waals surface area contributed by atoms with E-state index in [0.717, 1.165) is 0 Å². The van der Waals surface area contributed by atoms with Crippen LogP contribution in [-0.4, -0.2) is 27.5 Å². The summed E-state index contributed by atoms with van der Waals surface area (Å²) in [6, 6.07) is 0. The van der Waals surface area contributed by atoms with Crippen LogP contribution in [0, 0.1) is 11.8 Å². The Morgan fingerprint density at radius 3 is 2.58 bits per heavy atom. The van der Waals surface area contributed by atoms with E-state index in [0.29, 0.717) is 24.6 Å². The minimum atomic E-state index is -4.16. The van der Waals surface area contributed by atoms with Crippen molar-refractivity contribution in [1.82, 2.24) is 14.8 Å². The number of nitrogens with two attached hydrogens (primary N) is 1. The fourth-order valence-electron chi connectivity index (χ4n) is 2.57. The molecule has 0 saturated carbocycles.